The standard InChI is InChI=1S/C19H22N2O3S/c22-19(20-14-13-16-8-3-1-4-9-16)18-12-7-15-21(18)25(23,24)17-10-5-2-6-11-17/h1-6,8-11,18H,7,12-15H2,(H,20,22)/t18-/m1/s1. The van der Waals surface area contributed by atoms with E-state index in [1.807, 2.05) is 30.3 Å². The maximum atomic E-state index is 12.8. The van der Waals surface area contributed by atoms with Gasteiger partial charge in [0.25, 0.3) is 0 Å². The Labute approximate surface area is 148 Å². The predicted octanol–water partition coefficient (Wildman–Crippen LogP) is 2.20. The summed E-state index contributed by atoms with van der Waals surface area (Å²) in [5.41, 5.74) is 1.14. The van der Waals surface area contributed by atoms with Crippen molar-refractivity contribution in [3.63, 3.8) is 0 Å². The van der Waals surface area contributed by atoms with Crippen molar-refractivity contribution in [1.29, 1.82) is 0 Å². The minimum absolute atomic E-state index is 0.215. The van der Waals surface area contributed by atoms with Crippen molar-refractivity contribution >= 4 is 15.9 Å². The molecule has 0 radical (unpaired) electrons. The molecule has 0 spiro atoms. The van der Waals surface area contributed by atoms with Crippen molar-refractivity contribution in [1.82, 2.24) is 9.62 Å². The molecule has 1 atom stereocenters. The molecule has 2 aromatic rings. The molecule has 2 aromatic carbocycles. The van der Waals surface area contributed by atoms with Gasteiger partial charge in [-0.25, -0.2) is 8.42 Å². The Morgan fingerprint density at radius 2 is 1.68 bits per heavy atom. The number of hydrogen-bond donors (Lipinski definition) is 1. The van der Waals surface area contributed by atoms with Gasteiger partial charge in [0.2, 0.25) is 15.9 Å². The Kier molecular flexibility index (Phi) is 5.50. The normalized spacial score (nSPS) is 18.2. The van der Waals surface area contributed by atoms with Gasteiger partial charge in [0, 0.05) is 13.1 Å². The third-order valence-corrected chi connectivity index (χ3v) is 6.33. The molecule has 1 saturated heterocycles. The summed E-state index contributed by atoms with van der Waals surface area (Å²) in [4.78, 5) is 12.7. The summed E-state index contributed by atoms with van der Waals surface area (Å²) in [6, 6.07) is 17.6. The Morgan fingerprint density at radius 1 is 1.04 bits per heavy atom. The van der Waals surface area contributed by atoms with Crippen LogP contribution in [-0.2, 0) is 21.2 Å². The highest BCUT2D eigenvalue weighted by atomic mass is 32.2. The van der Waals surface area contributed by atoms with Crippen LogP contribution in [0.1, 0.15) is 18.4 Å². The topological polar surface area (TPSA) is 66.5 Å². The van der Waals surface area contributed by atoms with E-state index >= 15 is 0 Å². The molecule has 1 N–H and O–H groups in total. The molecule has 0 unspecified atom stereocenters. The zero-order valence-corrected chi connectivity index (χ0v) is 14.8. The van der Waals surface area contributed by atoms with Gasteiger partial charge in [0.15, 0.2) is 0 Å². The Balaban J connectivity index is 1.64. The van der Waals surface area contributed by atoms with Crippen molar-refractivity contribution < 1.29 is 13.2 Å². The Morgan fingerprint density at radius 3 is 2.36 bits per heavy atom. The highest BCUT2D eigenvalue weighted by Crippen LogP contribution is 2.26. The molecule has 1 amide bonds. The molecule has 132 valence electrons. The molecule has 1 heterocycles. The highest BCUT2D eigenvalue weighted by Gasteiger charge is 2.39. The quantitative estimate of drug-likeness (QED) is 0.861. The van der Waals surface area contributed by atoms with E-state index in [1.165, 1.54) is 4.31 Å². The lowest BCUT2D eigenvalue weighted by Crippen LogP contribution is -2.46. The molecule has 1 fully saturated rings. The van der Waals surface area contributed by atoms with Crippen LogP contribution in [0.15, 0.2) is 65.6 Å². The number of carbonyl (C=O) groups is 1. The first-order valence-electron chi connectivity index (χ1n) is 8.47. The average Bonchev–Trinajstić information content (AvgIpc) is 3.14. The van der Waals surface area contributed by atoms with E-state index in [0.29, 0.717) is 25.9 Å². The lowest BCUT2D eigenvalue weighted by molar-refractivity contribution is -0.124. The number of sulfonamides is 1. The van der Waals surface area contributed by atoms with E-state index in [4.69, 9.17) is 0 Å². The van der Waals surface area contributed by atoms with E-state index in [9.17, 15) is 13.2 Å². The fourth-order valence-electron chi connectivity index (χ4n) is 3.11. The van der Waals surface area contributed by atoms with Crippen molar-refractivity contribution in [2.75, 3.05) is 13.1 Å². The van der Waals surface area contributed by atoms with Crippen LogP contribution in [0, 0.1) is 0 Å². The molecule has 3 rings (SSSR count). The van der Waals surface area contributed by atoms with E-state index in [2.05, 4.69) is 5.32 Å². The first-order valence-corrected chi connectivity index (χ1v) is 9.91. The minimum atomic E-state index is -3.64. The van der Waals surface area contributed by atoms with Crippen LogP contribution in [0.4, 0.5) is 0 Å². The van der Waals surface area contributed by atoms with Gasteiger partial charge in [-0.05, 0) is 37.0 Å². The van der Waals surface area contributed by atoms with Crippen molar-refractivity contribution in [2.45, 2.75) is 30.2 Å². The molecule has 0 aliphatic carbocycles. The lowest BCUT2D eigenvalue weighted by atomic mass is 10.1. The van der Waals surface area contributed by atoms with Crippen LogP contribution >= 0.6 is 0 Å². The summed E-state index contributed by atoms with van der Waals surface area (Å²) in [5.74, 6) is -0.215. The summed E-state index contributed by atoms with van der Waals surface area (Å²) in [5, 5.41) is 2.88. The molecule has 5 nitrogen and oxygen atoms in total. The first-order chi connectivity index (χ1) is 12.1. The lowest BCUT2D eigenvalue weighted by Gasteiger charge is -2.23. The summed E-state index contributed by atoms with van der Waals surface area (Å²) in [6.07, 6.45) is 1.98. The van der Waals surface area contributed by atoms with Crippen LogP contribution in [0.5, 0.6) is 0 Å². The maximum absolute atomic E-state index is 12.8. The SMILES string of the molecule is O=C(NCCc1ccccc1)[C@H]1CCCN1S(=O)(=O)c1ccccc1. The summed E-state index contributed by atoms with van der Waals surface area (Å²) in [7, 11) is -3.64. The molecule has 6 heteroatoms. The van der Waals surface area contributed by atoms with Gasteiger partial charge in [0.1, 0.15) is 6.04 Å². The van der Waals surface area contributed by atoms with E-state index in [-0.39, 0.29) is 10.8 Å². The average molecular weight is 358 g/mol. The second-order valence-electron chi connectivity index (χ2n) is 6.11. The number of nitrogens with one attached hydrogen (secondary N) is 1. The van der Waals surface area contributed by atoms with Crippen LogP contribution in [0.3, 0.4) is 0 Å². The fraction of sp³-hybridized carbons (Fsp3) is 0.316. The van der Waals surface area contributed by atoms with Gasteiger partial charge in [-0.3, -0.25) is 4.79 Å². The highest BCUT2D eigenvalue weighted by molar-refractivity contribution is 7.89. The summed E-state index contributed by atoms with van der Waals surface area (Å²) in [6.45, 7) is 0.882. The second-order valence-corrected chi connectivity index (χ2v) is 8.00. The van der Waals surface area contributed by atoms with Crippen LogP contribution in [0.25, 0.3) is 0 Å². The van der Waals surface area contributed by atoms with Crippen LogP contribution < -0.4 is 5.32 Å². The summed E-state index contributed by atoms with van der Waals surface area (Å²) >= 11 is 0. The van der Waals surface area contributed by atoms with Crippen molar-refractivity contribution in [3.8, 4) is 0 Å². The van der Waals surface area contributed by atoms with Crippen LogP contribution in [-0.4, -0.2) is 37.8 Å². The minimum Gasteiger partial charge on any atom is -0.354 e. The monoisotopic (exact) mass is 358 g/mol. The van der Waals surface area contributed by atoms with E-state index < -0.39 is 16.1 Å². The molecule has 1 aliphatic heterocycles. The van der Waals surface area contributed by atoms with Gasteiger partial charge in [-0.2, -0.15) is 4.31 Å². The van der Waals surface area contributed by atoms with Crippen molar-refractivity contribution in [2.24, 2.45) is 0 Å². The zero-order chi connectivity index (χ0) is 17.7. The van der Waals surface area contributed by atoms with E-state index in [0.717, 1.165) is 12.0 Å². The Bertz CT molecular complexity index is 807. The molecule has 1 aliphatic rings. The molecule has 0 bridgehead atoms. The first kappa shape index (κ1) is 17.6. The Hall–Kier alpha value is -2.18. The number of rotatable bonds is 6. The molecule has 0 saturated carbocycles. The van der Waals surface area contributed by atoms with E-state index in [1.54, 1.807) is 30.3 Å². The molecular weight excluding hydrogens is 336 g/mol. The number of nitrogens with zero attached hydrogens (tertiary/aromatic N) is 1. The molecule has 25 heavy (non-hydrogen) atoms. The molecule has 0 aromatic heterocycles. The van der Waals surface area contributed by atoms with Gasteiger partial charge >= 0.3 is 0 Å². The van der Waals surface area contributed by atoms with Crippen molar-refractivity contribution in [3.05, 3.63) is 66.2 Å². The number of hydrogen-bond acceptors (Lipinski definition) is 3. The van der Waals surface area contributed by atoms with Gasteiger partial charge in [0.05, 0.1) is 4.90 Å². The molecular formula is C19H22N2O3S. The third kappa shape index (κ3) is 4.08. The number of carbonyl (C=O) groups excluding carboxylic acids is 1. The zero-order valence-electron chi connectivity index (χ0n) is 14.0. The van der Waals surface area contributed by atoms with Gasteiger partial charge in [-0.1, -0.05) is 48.5 Å². The fourth-order valence-corrected chi connectivity index (χ4v) is 4.79. The van der Waals surface area contributed by atoms with Crippen LogP contribution in [0.2, 0.25) is 0 Å². The third-order valence-electron chi connectivity index (χ3n) is 4.41. The summed E-state index contributed by atoms with van der Waals surface area (Å²) < 4.78 is 26.9. The smallest absolute Gasteiger partial charge is 0.243 e. The number of benzene rings is 2. The van der Waals surface area contributed by atoms with Gasteiger partial charge in [-0.15, -0.1) is 0 Å². The predicted molar refractivity (Wildman–Crippen MR) is 96.5 cm³/mol. The number of amides is 1. The maximum Gasteiger partial charge on any atom is 0.243 e. The largest absolute Gasteiger partial charge is 0.354 e. The second kappa shape index (κ2) is 7.80. The van der Waals surface area contributed by atoms with Gasteiger partial charge < -0.3 is 5.32 Å².